The summed E-state index contributed by atoms with van der Waals surface area (Å²) in [6, 6.07) is 12.1. The van der Waals surface area contributed by atoms with Crippen molar-refractivity contribution in [3.05, 3.63) is 59.9 Å². The molecule has 0 radical (unpaired) electrons. The second-order valence-corrected chi connectivity index (χ2v) is 3.17. The van der Waals surface area contributed by atoms with Gasteiger partial charge in [-0.1, -0.05) is 18.2 Å². The summed E-state index contributed by atoms with van der Waals surface area (Å²) in [5.74, 6) is -0.108. The Morgan fingerprint density at radius 1 is 1.12 bits per heavy atom. The van der Waals surface area contributed by atoms with Crippen molar-refractivity contribution >= 4 is 23.9 Å². The minimum atomic E-state index is -0.108. The summed E-state index contributed by atoms with van der Waals surface area (Å²) in [7, 11) is 0. The number of aromatic nitrogens is 1. The van der Waals surface area contributed by atoms with E-state index in [1.807, 2.05) is 0 Å². The van der Waals surface area contributed by atoms with Gasteiger partial charge < -0.3 is 5.73 Å². The van der Waals surface area contributed by atoms with E-state index in [-0.39, 0.29) is 18.2 Å². The van der Waals surface area contributed by atoms with Crippen molar-refractivity contribution < 1.29 is 4.79 Å². The second-order valence-electron chi connectivity index (χ2n) is 3.17. The standard InChI is InChI=1S/C12H10N2O.ClH/c13-10-5-3-4-9(8-10)12(15)11-6-1-2-7-14-11;/h1-8H,13H2;1H. The number of hydrogen-bond acceptors (Lipinski definition) is 3. The van der Waals surface area contributed by atoms with Crippen LogP contribution in [-0.4, -0.2) is 10.8 Å². The number of carbonyl (C=O) groups excluding carboxylic acids is 1. The van der Waals surface area contributed by atoms with Gasteiger partial charge in [0.1, 0.15) is 5.69 Å². The first-order valence-electron chi connectivity index (χ1n) is 4.58. The maximum atomic E-state index is 11.9. The first-order valence-corrected chi connectivity index (χ1v) is 4.58. The lowest BCUT2D eigenvalue weighted by molar-refractivity contribution is 0.103. The maximum Gasteiger partial charge on any atom is 0.211 e. The predicted octanol–water partition coefficient (Wildman–Crippen LogP) is 2.32. The highest BCUT2D eigenvalue weighted by Gasteiger charge is 2.09. The van der Waals surface area contributed by atoms with Crippen LogP contribution in [0.3, 0.4) is 0 Å². The summed E-state index contributed by atoms with van der Waals surface area (Å²) in [5.41, 5.74) is 7.18. The molecule has 4 heteroatoms. The normalized spacial score (nSPS) is 9.25. The molecule has 0 aliphatic rings. The molecule has 0 aliphatic heterocycles. The second kappa shape index (κ2) is 5.28. The number of nitrogen functional groups attached to an aromatic ring is 1. The number of rotatable bonds is 2. The average Bonchev–Trinajstić information content (AvgIpc) is 2.29. The molecule has 1 aromatic heterocycles. The Hall–Kier alpha value is -1.87. The summed E-state index contributed by atoms with van der Waals surface area (Å²) in [4.78, 5) is 15.9. The van der Waals surface area contributed by atoms with Crippen LogP contribution in [0, 0.1) is 0 Å². The number of pyridine rings is 1. The molecule has 2 rings (SSSR count). The number of benzene rings is 1. The van der Waals surface area contributed by atoms with Crippen LogP contribution in [0.15, 0.2) is 48.7 Å². The molecular formula is C12H11ClN2O. The molecule has 0 fully saturated rings. The third-order valence-corrected chi connectivity index (χ3v) is 2.05. The molecule has 1 aromatic carbocycles. The molecule has 2 N–H and O–H groups in total. The van der Waals surface area contributed by atoms with Crippen LogP contribution < -0.4 is 5.73 Å². The Kier molecular flexibility index (Phi) is 4.03. The van der Waals surface area contributed by atoms with Crippen LogP contribution >= 0.6 is 12.4 Å². The average molecular weight is 235 g/mol. The Labute approximate surface area is 99.7 Å². The number of nitrogens with zero attached hydrogens (tertiary/aromatic N) is 1. The quantitative estimate of drug-likeness (QED) is 0.641. The van der Waals surface area contributed by atoms with Crippen LogP contribution in [0.1, 0.15) is 16.1 Å². The van der Waals surface area contributed by atoms with Crippen molar-refractivity contribution in [2.24, 2.45) is 0 Å². The molecule has 0 aliphatic carbocycles. The molecular weight excluding hydrogens is 224 g/mol. The number of ketones is 1. The lowest BCUT2D eigenvalue weighted by Gasteiger charge is -2.00. The van der Waals surface area contributed by atoms with E-state index in [0.29, 0.717) is 16.9 Å². The van der Waals surface area contributed by atoms with E-state index in [2.05, 4.69) is 4.98 Å². The van der Waals surface area contributed by atoms with E-state index in [1.165, 1.54) is 0 Å². The van der Waals surface area contributed by atoms with Gasteiger partial charge in [0.05, 0.1) is 0 Å². The molecule has 0 bridgehead atoms. The van der Waals surface area contributed by atoms with Crippen molar-refractivity contribution in [3.63, 3.8) is 0 Å². The first-order chi connectivity index (χ1) is 7.27. The first kappa shape index (κ1) is 12.2. The molecule has 16 heavy (non-hydrogen) atoms. The lowest BCUT2D eigenvalue weighted by atomic mass is 10.1. The fourth-order valence-corrected chi connectivity index (χ4v) is 1.32. The van der Waals surface area contributed by atoms with Gasteiger partial charge in [0.25, 0.3) is 0 Å². The molecule has 0 atom stereocenters. The van der Waals surface area contributed by atoms with E-state index in [9.17, 15) is 4.79 Å². The van der Waals surface area contributed by atoms with E-state index >= 15 is 0 Å². The molecule has 0 saturated carbocycles. The van der Waals surface area contributed by atoms with E-state index < -0.39 is 0 Å². The SMILES string of the molecule is Cl.Nc1cccc(C(=O)c2ccccn2)c1. The number of anilines is 1. The monoisotopic (exact) mass is 234 g/mol. The minimum Gasteiger partial charge on any atom is -0.399 e. The van der Waals surface area contributed by atoms with Crippen molar-refractivity contribution in [2.75, 3.05) is 5.73 Å². The van der Waals surface area contributed by atoms with Gasteiger partial charge in [-0.2, -0.15) is 0 Å². The lowest BCUT2D eigenvalue weighted by Crippen LogP contribution is -2.03. The van der Waals surface area contributed by atoms with E-state index in [4.69, 9.17) is 5.73 Å². The summed E-state index contributed by atoms with van der Waals surface area (Å²) in [6.45, 7) is 0. The molecule has 0 unspecified atom stereocenters. The van der Waals surface area contributed by atoms with Crippen LogP contribution in [0.25, 0.3) is 0 Å². The van der Waals surface area contributed by atoms with Gasteiger partial charge in [-0.15, -0.1) is 12.4 Å². The number of nitrogens with two attached hydrogens (primary N) is 1. The summed E-state index contributed by atoms with van der Waals surface area (Å²) >= 11 is 0. The van der Waals surface area contributed by atoms with Gasteiger partial charge in [0.2, 0.25) is 5.78 Å². The van der Waals surface area contributed by atoms with E-state index in [1.54, 1.807) is 48.7 Å². The molecule has 1 heterocycles. The zero-order valence-electron chi connectivity index (χ0n) is 8.46. The maximum absolute atomic E-state index is 11.9. The van der Waals surface area contributed by atoms with Crippen LogP contribution in [0.2, 0.25) is 0 Å². The topological polar surface area (TPSA) is 56.0 Å². The van der Waals surface area contributed by atoms with Crippen molar-refractivity contribution in [1.82, 2.24) is 4.98 Å². The van der Waals surface area contributed by atoms with Gasteiger partial charge in [0, 0.05) is 17.4 Å². The van der Waals surface area contributed by atoms with Gasteiger partial charge >= 0.3 is 0 Å². The Morgan fingerprint density at radius 2 is 1.94 bits per heavy atom. The fourth-order valence-electron chi connectivity index (χ4n) is 1.32. The predicted molar refractivity (Wildman–Crippen MR) is 65.8 cm³/mol. The molecule has 0 saturated heterocycles. The van der Waals surface area contributed by atoms with Gasteiger partial charge in [-0.3, -0.25) is 9.78 Å². The highest BCUT2D eigenvalue weighted by Crippen LogP contribution is 2.10. The Morgan fingerprint density at radius 3 is 2.56 bits per heavy atom. The molecule has 82 valence electrons. The number of halogens is 1. The summed E-state index contributed by atoms with van der Waals surface area (Å²) in [5, 5.41) is 0. The third-order valence-electron chi connectivity index (χ3n) is 2.05. The van der Waals surface area contributed by atoms with Crippen LogP contribution in [-0.2, 0) is 0 Å². The largest absolute Gasteiger partial charge is 0.399 e. The van der Waals surface area contributed by atoms with Gasteiger partial charge in [-0.25, -0.2) is 0 Å². The molecule has 3 nitrogen and oxygen atoms in total. The fraction of sp³-hybridized carbons (Fsp3) is 0. The Balaban J connectivity index is 0.00000128. The number of hydrogen-bond donors (Lipinski definition) is 1. The summed E-state index contributed by atoms with van der Waals surface area (Å²) < 4.78 is 0. The smallest absolute Gasteiger partial charge is 0.211 e. The third kappa shape index (κ3) is 2.58. The number of carbonyl (C=O) groups is 1. The highest BCUT2D eigenvalue weighted by molar-refractivity contribution is 6.08. The highest BCUT2D eigenvalue weighted by atomic mass is 35.5. The van der Waals surface area contributed by atoms with Crippen molar-refractivity contribution in [2.45, 2.75) is 0 Å². The zero-order chi connectivity index (χ0) is 10.7. The molecule has 0 spiro atoms. The molecule has 0 amide bonds. The van der Waals surface area contributed by atoms with Crippen LogP contribution in [0.4, 0.5) is 5.69 Å². The van der Waals surface area contributed by atoms with Gasteiger partial charge in [0.15, 0.2) is 0 Å². The minimum absolute atomic E-state index is 0. The van der Waals surface area contributed by atoms with Gasteiger partial charge in [-0.05, 0) is 24.3 Å². The molecule has 2 aromatic rings. The van der Waals surface area contributed by atoms with E-state index in [0.717, 1.165) is 0 Å². The zero-order valence-corrected chi connectivity index (χ0v) is 9.28. The van der Waals surface area contributed by atoms with Crippen molar-refractivity contribution in [1.29, 1.82) is 0 Å². The summed E-state index contributed by atoms with van der Waals surface area (Å²) in [6.07, 6.45) is 1.60. The van der Waals surface area contributed by atoms with Crippen molar-refractivity contribution in [3.8, 4) is 0 Å². The Bertz CT molecular complexity index is 485. The van der Waals surface area contributed by atoms with Crippen LogP contribution in [0.5, 0.6) is 0 Å².